The maximum Gasteiger partial charge on any atom is 0.471 e. The third kappa shape index (κ3) is 4.49. The number of benzene rings is 1. The van der Waals surface area contributed by atoms with Gasteiger partial charge in [0.15, 0.2) is 0 Å². The van der Waals surface area contributed by atoms with Crippen LogP contribution >= 0.6 is 0 Å². The van der Waals surface area contributed by atoms with Gasteiger partial charge in [-0.2, -0.15) is 13.2 Å². The Kier molecular flexibility index (Phi) is 6.19. The van der Waals surface area contributed by atoms with Crippen molar-refractivity contribution in [2.24, 2.45) is 0 Å². The molecule has 1 saturated carbocycles. The van der Waals surface area contributed by atoms with Crippen LogP contribution in [0.25, 0.3) is 0 Å². The number of rotatable bonds is 3. The van der Waals surface area contributed by atoms with Crippen molar-refractivity contribution in [3.63, 3.8) is 0 Å². The van der Waals surface area contributed by atoms with Crippen LogP contribution in [0.3, 0.4) is 0 Å². The second kappa shape index (κ2) is 8.49. The van der Waals surface area contributed by atoms with E-state index in [1.807, 2.05) is 0 Å². The zero-order valence-electron chi connectivity index (χ0n) is 16.5. The summed E-state index contributed by atoms with van der Waals surface area (Å²) in [6.07, 6.45) is -0.548. The smallest absolute Gasteiger partial charge is 0.335 e. The molecule has 0 atom stereocenters. The summed E-state index contributed by atoms with van der Waals surface area (Å²) in [5.74, 6) is -2.50. The van der Waals surface area contributed by atoms with E-state index >= 15 is 0 Å². The fraction of sp³-hybridized carbons (Fsp3) is 0.476. The molecule has 0 aromatic heterocycles. The third-order valence-electron chi connectivity index (χ3n) is 5.80. The lowest BCUT2D eigenvalue weighted by Gasteiger charge is -2.52. The molecular formula is C21H24F3N3O3. The predicted octanol–water partition coefficient (Wildman–Crippen LogP) is 3.36. The Hall–Kier alpha value is -2.84. The fourth-order valence-electron chi connectivity index (χ4n) is 4.33. The number of piperazine rings is 1. The number of amides is 3. The number of hydrogen-bond acceptors (Lipinski definition) is 3. The second-order valence-electron chi connectivity index (χ2n) is 7.74. The van der Waals surface area contributed by atoms with Crippen LogP contribution in [0.2, 0.25) is 0 Å². The molecule has 0 radical (unpaired) electrons. The quantitative estimate of drug-likeness (QED) is 0.758. The number of nitrogens with one attached hydrogen (secondary N) is 1. The van der Waals surface area contributed by atoms with Crippen LogP contribution in [0.5, 0.6) is 0 Å². The van der Waals surface area contributed by atoms with Gasteiger partial charge in [-0.25, -0.2) is 0 Å². The SMILES string of the molecule is C=CC(=O)Nc1ccc(C(=O)N2CCN(C(=O)C(F)(F)F)C3(CCCCC3)C2)cc1. The second-order valence-corrected chi connectivity index (χ2v) is 7.74. The molecule has 1 N–H and O–H groups in total. The van der Waals surface area contributed by atoms with Gasteiger partial charge in [-0.1, -0.05) is 25.8 Å². The molecule has 1 saturated heterocycles. The molecule has 1 aromatic carbocycles. The van der Waals surface area contributed by atoms with Crippen LogP contribution in [-0.4, -0.2) is 58.9 Å². The topological polar surface area (TPSA) is 69.7 Å². The van der Waals surface area contributed by atoms with Gasteiger partial charge < -0.3 is 15.1 Å². The standard InChI is InChI=1S/C21H24F3N3O3/c1-2-17(28)25-16-8-6-15(7-9-16)18(29)26-12-13-27(19(30)21(22,23)24)20(14-26)10-4-3-5-11-20/h2,6-9H,1,3-5,10-14H2,(H,25,28). The lowest BCUT2D eigenvalue weighted by atomic mass is 9.78. The molecule has 2 fully saturated rings. The molecule has 2 aliphatic rings. The highest BCUT2D eigenvalue weighted by Crippen LogP contribution is 2.39. The summed E-state index contributed by atoms with van der Waals surface area (Å²) in [7, 11) is 0. The van der Waals surface area contributed by atoms with E-state index in [9.17, 15) is 27.6 Å². The minimum absolute atomic E-state index is 0.0390. The lowest BCUT2D eigenvalue weighted by Crippen LogP contribution is -2.67. The van der Waals surface area contributed by atoms with Gasteiger partial charge >= 0.3 is 12.1 Å². The Morgan fingerprint density at radius 3 is 2.23 bits per heavy atom. The van der Waals surface area contributed by atoms with Gasteiger partial charge in [0.2, 0.25) is 5.91 Å². The summed E-state index contributed by atoms with van der Waals surface area (Å²) in [5.41, 5.74) is -0.106. The highest BCUT2D eigenvalue weighted by molar-refractivity contribution is 5.99. The molecule has 1 aromatic rings. The van der Waals surface area contributed by atoms with E-state index in [4.69, 9.17) is 0 Å². The van der Waals surface area contributed by atoms with E-state index in [1.54, 1.807) is 24.3 Å². The van der Waals surface area contributed by atoms with Crippen LogP contribution in [0.15, 0.2) is 36.9 Å². The van der Waals surface area contributed by atoms with Gasteiger partial charge in [-0.3, -0.25) is 14.4 Å². The molecule has 1 aliphatic heterocycles. The van der Waals surface area contributed by atoms with Crippen molar-refractivity contribution in [3.8, 4) is 0 Å². The Morgan fingerprint density at radius 1 is 1.03 bits per heavy atom. The van der Waals surface area contributed by atoms with Gasteiger partial charge in [-0.15, -0.1) is 0 Å². The van der Waals surface area contributed by atoms with Gasteiger partial charge in [-0.05, 0) is 43.2 Å². The predicted molar refractivity (Wildman–Crippen MR) is 105 cm³/mol. The van der Waals surface area contributed by atoms with E-state index in [-0.39, 0.29) is 31.4 Å². The van der Waals surface area contributed by atoms with Crippen molar-refractivity contribution in [3.05, 3.63) is 42.5 Å². The molecule has 30 heavy (non-hydrogen) atoms. The lowest BCUT2D eigenvalue weighted by molar-refractivity contribution is -0.196. The first-order chi connectivity index (χ1) is 14.2. The summed E-state index contributed by atoms with van der Waals surface area (Å²) in [6, 6.07) is 6.27. The van der Waals surface area contributed by atoms with Crippen molar-refractivity contribution in [2.75, 3.05) is 25.0 Å². The number of hydrogen-bond donors (Lipinski definition) is 1. The minimum Gasteiger partial charge on any atom is -0.335 e. The van der Waals surface area contributed by atoms with Crippen LogP contribution in [0, 0.1) is 0 Å². The Bertz CT molecular complexity index is 830. The molecule has 3 rings (SSSR count). The van der Waals surface area contributed by atoms with Gasteiger partial charge in [0.05, 0.1) is 5.54 Å². The molecular weight excluding hydrogens is 399 g/mol. The number of carbonyl (C=O) groups excluding carboxylic acids is 3. The zero-order valence-corrected chi connectivity index (χ0v) is 16.5. The summed E-state index contributed by atoms with van der Waals surface area (Å²) in [6.45, 7) is 3.35. The first-order valence-corrected chi connectivity index (χ1v) is 9.88. The Balaban J connectivity index is 1.78. The van der Waals surface area contributed by atoms with E-state index in [0.717, 1.165) is 30.2 Å². The Labute approximate surface area is 172 Å². The Morgan fingerprint density at radius 2 is 1.67 bits per heavy atom. The molecule has 9 heteroatoms. The largest absolute Gasteiger partial charge is 0.471 e. The number of carbonyl (C=O) groups is 3. The van der Waals surface area contributed by atoms with E-state index in [2.05, 4.69) is 11.9 Å². The molecule has 1 spiro atoms. The summed E-state index contributed by atoms with van der Waals surface area (Å²) in [5, 5.41) is 2.58. The maximum absolute atomic E-state index is 13.1. The van der Waals surface area contributed by atoms with Crippen LogP contribution in [0.4, 0.5) is 18.9 Å². The van der Waals surface area contributed by atoms with Crippen molar-refractivity contribution in [1.29, 1.82) is 0 Å². The fourth-order valence-corrected chi connectivity index (χ4v) is 4.33. The van der Waals surface area contributed by atoms with E-state index in [1.165, 1.54) is 4.90 Å². The molecule has 162 valence electrons. The number of alkyl halides is 3. The van der Waals surface area contributed by atoms with Gasteiger partial charge in [0.1, 0.15) is 0 Å². The first-order valence-electron chi connectivity index (χ1n) is 9.88. The van der Waals surface area contributed by atoms with Crippen molar-refractivity contribution >= 4 is 23.4 Å². The molecule has 0 bridgehead atoms. The first kappa shape index (κ1) is 21.9. The number of nitrogens with zero attached hydrogens (tertiary/aromatic N) is 2. The number of halogens is 3. The van der Waals surface area contributed by atoms with Crippen LogP contribution < -0.4 is 5.32 Å². The molecule has 0 unspecified atom stereocenters. The molecule has 6 nitrogen and oxygen atoms in total. The third-order valence-corrected chi connectivity index (χ3v) is 5.80. The van der Waals surface area contributed by atoms with Crippen LogP contribution in [-0.2, 0) is 9.59 Å². The molecule has 3 amide bonds. The highest BCUT2D eigenvalue weighted by Gasteiger charge is 2.52. The summed E-state index contributed by atoms with van der Waals surface area (Å²) in [4.78, 5) is 38.9. The minimum atomic E-state index is -4.93. The van der Waals surface area contributed by atoms with E-state index in [0.29, 0.717) is 24.1 Å². The molecule has 1 aliphatic carbocycles. The van der Waals surface area contributed by atoms with E-state index < -0.39 is 17.6 Å². The van der Waals surface area contributed by atoms with Crippen molar-refractivity contribution < 1.29 is 27.6 Å². The van der Waals surface area contributed by atoms with Gasteiger partial charge in [0, 0.05) is 30.9 Å². The zero-order chi connectivity index (χ0) is 21.9. The van der Waals surface area contributed by atoms with Crippen molar-refractivity contribution in [1.82, 2.24) is 9.80 Å². The normalized spacial score (nSPS) is 18.8. The maximum atomic E-state index is 13.1. The number of anilines is 1. The summed E-state index contributed by atoms with van der Waals surface area (Å²) >= 11 is 0. The van der Waals surface area contributed by atoms with Gasteiger partial charge in [0.25, 0.3) is 5.91 Å². The molecule has 1 heterocycles. The average Bonchev–Trinajstić information content (AvgIpc) is 2.73. The summed E-state index contributed by atoms with van der Waals surface area (Å²) < 4.78 is 39.4. The van der Waals surface area contributed by atoms with Crippen LogP contribution in [0.1, 0.15) is 42.5 Å². The monoisotopic (exact) mass is 423 g/mol. The van der Waals surface area contributed by atoms with Crippen molar-refractivity contribution in [2.45, 2.75) is 43.8 Å². The average molecular weight is 423 g/mol. The highest BCUT2D eigenvalue weighted by atomic mass is 19.4.